The van der Waals surface area contributed by atoms with Gasteiger partial charge in [0.15, 0.2) is 0 Å². The maximum absolute atomic E-state index is 5.00. The minimum atomic E-state index is 0.946. The number of benzene rings is 2. The SMILES string of the molecule is CC(=N/C1=C\Cc2ccccc2/C=C/CC1)c1ccc2c(c1)CCC=C2. The van der Waals surface area contributed by atoms with Crippen molar-refractivity contribution in [1.82, 2.24) is 0 Å². The second-order valence-corrected chi connectivity index (χ2v) is 7.09. The Bertz CT molecular complexity index is 925. The molecule has 2 aromatic carbocycles. The van der Waals surface area contributed by atoms with E-state index in [0.717, 1.165) is 37.8 Å². The fourth-order valence-corrected chi connectivity index (χ4v) is 3.69. The molecule has 0 unspecified atom stereocenters. The molecule has 4 rings (SSSR count). The molecule has 2 aromatic rings. The van der Waals surface area contributed by atoms with Crippen LogP contribution < -0.4 is 0 Å². The maximum atomic E-state index is 5.00. The van der Waals surface area contributed by atoms with E-state index in [9.17, 15) is 0 Å². The zero-order valence-electron chi connectivity index (χ0n) is 15.4. The van der Waals surface area contributed by atoms with Crippen LogP contribution in [0.15, 0.2) is 71.4 Å². The largest absolute Gasteiger partial charge is 0.258 e. The molecule has 0 atom stereocenters. The Hall–Kier alpha value is -2.67. The van der Waals surface area contributed by atoms with Crippen molar-refractivity contribution < 1.29 is 0 Å². The summed E-state index contributed by atoms with van der Waals surface area (Å²) in [5.74, 6) is 0. The lowest BCUT2D eigenvalue weighted by molar-refractivity contribution is 0.952. The van der Waals surface area contributed by atoms with Gasteiger partial charge in [0, 0.05) is 11.4 Å². The Morgan fingerprint density at radius 1 is 0.846 bits per heavy atom. The predicted molar refractivity (Wildman–Crippen MR) is 113 cm³/mol. The first-order valence-corrected chi connectivity index (χ1v) is 9.58. The Labute approximate surface area is 156 Å². The van der Waals surface area contributed by atoms with Crippen molar-refractivity contribution in [1.29, 1.82) is 0 Å². The van der Waals surface area contributed by atoms with Crippen molar-refractivity contribution in [2.45, 2.75) is 39.0 Å². The van der Waals surface area contributed by atoms with Crippen LogP contribution >= 0.6 is 0 Å². The van der Waals surface area contributed by atoms with E-state index in [1.54, 1.807) is 0 Å². The van der Waals surface area contributed by atoms with Gasteiger partial charge in [0.1, 0.15) is 0 Å². The van der Waals surface area contributed by atoms with E-state index in [1.807, 2.05) is 0 Å². The first-order valence-electron chi connectivity index (χ1n) is 9.58. The molecule has 2 aliphatic carbocycles. The number of nitrogens with zero attached hydrogens (tertiary/aromatic N) is 1. The number of aryl methyl sites for hydroxylation is 1. The number of aliphatic imine (C=N–C) groups is 1. The van der Waals surface area contributed by atoms with E-state index in [2.05, 4.69) is 79.8 Å². The summed E-state index contributed by atoms with van der Waals surface area (Å²) in [5.41, 5.74) is 9.06. The molecule has 130 valence electrons. The summed E-state index contributed by atoms with van der Waals surface area (Å²) in [6.07, 6.45) is 16.6. The summed E-state index contributed by atoms with van der Waals surface area (Å²) < 4.78 is 0. The Morgan fingerprint density at radius 2 is 1.62 bits per heavy atom. The second kappa shape index (κ2) is 7.70. The van der Waals surface area contributed by atoms with Crippen LogP contribution in [0.2, 0.25) is 0 Å². The molecule has 0 heterocycles. The van der Waals surface area contributed by atoms with E-state index in [4.69, 9.17) is 4.99 Å². The van der Waals surface area contributed by atoms with E-state index >= 15 is 0 Å². The molecule has 0 saturated heterocycles. The fourth-order valence-electron chi connectivity index (χ4n) is 3.69. The van der Waals surface area contributed by atoms with Crippen LogP contribution in [0.5, 0.6) is 0 Å². The van der Waals surface area contributed by atoms with Gasteiger partial charge < -0.3 is 0 Å². The highest BCUT2D eigenvalue weighted by Gasteiger charge is 2.08. The molecule has 1 nitrogen and oxygen atoms in total. The van der Waals surface area contributed by atoms with Crippen molar-refractivity contribution in [2.24, 2.45) is 4.99 Å². The van der Waals surface area contributed by atoms with Crippen LogP contribution in [0, 0.1) is 0 Å². The molecule has 2 aliphatic rings. The third kappa shape index (κ3) is 3.77. The van der Waals surface area contributed by atoms with Gasteiger partial charge in [-0.25, -0.2) is 0 Å². The highest BCUT2D eigenvalue weighted by atomic mass is 14.8. The highest BCUT2D eigenvalue weighted by Crippen LogP contribution is 2.22. The third-order valence-electron chi connectivity index (χ3n) is 5.23. The molecule has 0 spiro atoms. The molecule has 0 fully saturated rings. The number of rotatable bonds is 2. The standard InChI is InChI=1S/C25H25N/c1-19(23-15-14-22-11-4-5-12-24(22)18-23)26-25-13-7-6-9-20-8-2-3-10-21(20)16-17-25/h2-4,6,8-11,14-15,17-18H,5,7,12-13,16H2,1H3/b9-6+,25-17-,26-19?. The zero-order valence-corrected chi connectivity index (χ0v) is 15.4. The number of hydrogen-bond donors (Lipinski definition) is 0. The van der Waals surface area contributed by atoms with Gasteiger partial charge in [0.25, 0.3) is 0 Å². The fraction of sp³-hybridized carbons (Fsp3) is 0.240. The Morgan fingerprint density at radius 3 is 2.50 bits per heavy atom. The molecule has 0 aliphatic heterocycles. The maximum Gasteiger partial charge on any atom is 0.0448 e. The van der Waals surface area contributed by atoms with Gasteiger partial charge in [-0.15, -0.1) is 0 Å². The molecule has 0 N–H and O–H groups in total. The third-order valence-corrected chi connectivity index (χ3v) is 5.23. The number of hydrogen-bond acceptors (Lipinski definition) is 1. The van der Waals surface area contributed by atoms with Gasteiger partial charge in [-0.2, -0.15) is 0 Å². The monoisotopic (exact) mass is 339 g/mol. The van der Waals surface area contributed by atoms with Crippen LogP contribution in [0.3, 0.4) is 0 Å². The van der Waals surface area contributed by atoms with Gasteiger partial charge in [0.2, 0.25) is 0 Å². The minimum Gasteiger partial charge on any atom is -0.258 e. The van der Waals surface area contributed by atoms with E-state index in [1.165, 1.54) is 33.5 Å². The Balaban J connectivity index is 1.60. The van der Waals surface area contributed by atoms with Crippen molar-refractivity contribution in [2.75, 3.05) is 0 Å². The van der Waals surface area contributed by atoms with Crippen LogP contribution in [0.4, 0.5) is 0 Å². The van der Waals surface area contributed by atoms with Crippen molar-refractivity contribution in [3.63, 3.8) is 0 Å². The lowest BCUT2D eigenvalue weighted by Gasteiger charge is -2.12. The van der Waals surface area contributed by atoms with Crippen LogP contribution in [0.1, 0.15) is 54.0 Å². The first kappa shape index (κ1) is 16.8. The number of allylic oxidation sites excluding steroid dienone is 4. The normalized spacial score (nSPS) is 20.0. The molecule has 0 amide bonds. The lowest BCUT2D eigenvalue weighted by atomic mass is 9.94. The summed E-state index contributed by atoms with van der Waals surface area (Å²) in [5, 5.41) is 0. The van der Waals surface area contributed by atoms with Crippen LogP contribution in [-0.2, 0) is 12.8 Å². The number of fused-ring (bicyclic) bond motifs is 2. The van der Waals surface area contributed by atoms with Crippen LogP contribution in [0.25, 0.3) is 12.2 Å². The lowest BCUT2D eigenvalue weighted by Crippen LogP contribution is -2.01. The summed E-state index contributed by atoms with van der Waals surface area (Å²) in [6, 6.07) is 15.4. The molecule has 0 saturated carbocycles. The quantitative estimate of drug-likeness (QED) is 0.562. The van der Waals surface area contributed by atoms with Crippen molar-refractivity contribution >= 4 is 17.9 Å². The topological polar surface area (TPSA) is 12.4 Å². The van der Waals surface area contributed by atoms with E-state index < -0.39 is 0 Å². The molecule has 1 heteroatoms. The van der Waals surface area contributed by atoms with Gasteiger partial charge in [-0.1, -0.05) is 66.8 Å². The van der Waals surface area contributed by atoms with Crippen LogP contribution in [-0.4, -0.2) is 5.71 Å². The molecule has 0 aromatic heterocycles. The second-order valence-electron chi connectivity index (χ2n) is 7.09. The summed E-state index contributed by atoms with van der Waals surface area (Å²) in [6.45, 7) is 2.14. The summed E-state index contributed by atoms with van der Waals surface area (Å²) >= 11 is 0. The smallest absolute Gasteiger partial charge is 0.0448 e. The predicted octanol–water partition coefficient (Wildman–Crippen LogP) is 6.39. The molecule has 26 heavy (non-hydrogen) atoms. The average Bonchev–Trinajstić information content (AvgIpc) is 2.78. The molecule has 0 bridgehead atoms. The summed E-state index contributed by atoms with van der Waals surface area (Å²) in [7, 11) is 0. The van der Waals surface area contributed by atoms with Gasteiger partial charge >= 0.3 is 0 Å². The molecular formula is C25H25N. The average molecular weight is 339 g/mol. The molecular weight excluding hydrogens is 314 g/mol. The van der Waals surface area contributed by atoms with Gasteiger partial charge in [0.05, 0.1) is 0 Å². The van der Waals surface area contributed by atoms with Crippen molar-refractivity contribution in [3.8, 4) is 0 Å². The minimum absolute atomic E-state index is 0.946. The molecule has 0 radical (unpaired) electrons. The highest BCUT2D eigenvalue weighted by molar-refractivity contribution is 5.99. The van der Waals surface area contributed by atoms with E-state index in [-0.39, 0.29) is 0 Å². The first-order chi connectivity index (χ1) is 12.8. The van der Waals surface area contributed by atoms with Gasteiger partial charge in [-0.05, 0) is 72.9 Å². The zero-order chi connectivity index (χ0) is 17.8. The van der Waals surface area contributed by atoms with Crippen molar-refractivity contribution in [3.05, 3.63) is 94.2 Å². The Kier molecular flexibility index (Phi) is 4.97. The van der Waals surface area contributed by atoms with Gasteiger partial charge in [-0.3, -0.25) is 4.99 Å². The van der Waals surface area contributed by atoms with E-state index in [0.29, 0.717) is 0 Å². The summed E-state index contributed by atoms with van der Waals surface area (Å²) in [4.78, 5) is 5.00.